The molecular formula is C11H15BrCl2. The summed E-state index contributed by atoms with van der Waals surface area (Å²) in [6.45, 7) is 0. The Morgan fingerprint density at radius 2 is 2.07 bits per heavy atom. The monoisotopic (exact) mass is 296 g/mol. The van der Waals surface area contributed by atoms with Crippen molar-refractivity contribution in [3.63, 3.8) is 0 Å². The van der Waals surface area contributed by atoms with E-state index in [1.54, 1.807) is 0 Å². The second-order valence-electron chi connectivity index (χ2n) is 4.45. The second kappa shape index (κ2) is 4.35. The van der Waals surface area contributed by atoms with Crippen LogP contribution in [0.4, 0.5) is 0 Å². The van der Waals surface area contributed by atoms with Gasteiger partial charge in [-0.3, -0.25) is 0 Å². The lowest BCUT2D eigenvalue weighted by Gasteiger charge is -2.37. The summed E-state index contributed by atoms with van der Waals surface area (Å²) < 4.78 is 0.00890. The Hall–Kier alpha value is 0.800. The van der Waals surface area contributed by atoms with Crippen molar-refractivity contribution in [2.24, 2.45) is 0 Å². The van der Waals surface area contributed by atoms with E-state index in [-0.39, 0.29) is 9.70 Å². The summed E-state index contributed by atoms with van der Waals surface area (Å²) in [5.74, 6) is 0. The Labute approximate surface area is 104 Å². The normalized spacial score (nSPS) is 39.2. The van der Waals surface area contributed by atoms with E-state index in [1.165, 1.54) is 24.8 Å². The summed E-state index contributed by atoms with van der Waals surface area (Å²) >= 11 is 16.5. The molecule has 0 amide bonds. The number of allylic oxidation sites excluding steroid dienone is 2. The minimum atomic E-state index is 0.00890. The molecule has 0 aromatic rings. The second-order valence-corrected chi connectivity index (χ2v) is 6.96. The van der Waals surface area contributed by atoms with Gasteiger partial charge in [0.15, 0.2) is 0 Å². The summed E-state index contributed by atoms with van der Waals surface area (Å²) in [5.41, 5.74) is 1.40. The maximum atomic E-state index is 6.44. The van der Waals surface area contributed by atoms with Crippen molar-refractivity contribution in [3.05, 3.63) is 10.6 Å². The average molecular weight is 298 g/mol. The molecule has 80 valence electrons. The number of rotatable bonds is 0. The average Bonchev–Trinajstić information content (AvgIpc) is 2.12. The molecular weight excluding hydrogens is 283 g/mol. The third-order valence-electron chi connectivity index (χ3n) is 3.27. The molecule has 0 aliphatic heterocycles. The van der Waals surface area contributed by atoms with Crippen molar-refractivity contribution >= 4 is 39.1 Å². The highest BCUT2D eigenvalue weighted by atomic mass is 79.9. The van der Waals surface area contributed by atoms with Crippen LogP contribution in [0.2, 0.25) is 0 Å². The minimum absolute atomic E-state index is 0.00890. The number of alkyl halides is 2. The van der Waals surface area contributed by atoms with Crippen molar-refractivity contribution < 1.29 is 0 Å². The van der Waals surface area contributed by atoms with Gasteiger partial charge in [-0.05, 0) is 32.1 Å². The van der Waals surface area contributed by atoms with Crippen LogP contribution in [0.1, 0.15) is 44.9 Å². The van der Waals surface area contributed by atoms with Crippen LogP contribution in [0.25, 0.3) is 0 Å². The first kappa shape index (κ1) is 11.3. The molecule has 2 bridgehead atoms. The first-order valence-corrected chi connectivity index (χ1v) is 6.93. The highest BCUT2D eigenvalue weighted by Gasteiger charge is 2.39. The lowest BCUT2D eigenvalue weighted by molar-refractivity contribution is 0.476. The quantitative estimate of drug-likeness (QED) is 0.553. The molecule has 0 spiro atoms. The minimum Gasteiger partial charge on any atom is -0.123 e. The highest BCUT2D eigenvalue weighted by Crippen LogP contribution is 2.49. The van der Waals surface area contributed by atoms with Crippen LogP contribution < -0.4 is 0 Å². The Bertz CT molecular complexity index is 262. The maximum absolute atomic E-state index is 6.44. The van der Waals surface area contributed by atoms with Crippen molar-refractivity contribution in [3.8, 4) is 0 Å². The first-order chi connectivity index (χ1) is 6.62. The van der Waals surface area contributed by atoms with E-state index >= 15 is 0 Å². The van der Waals surface area contributed by atoms with Gasteiger partial charge in [-0.1, -0.05) is 45.9 Å². The molecule has 0 aromatic carbocycles. The zero-order chi connectivity index (χ0) is 10.2. The summed E-state index contributed by atoms with van der Waals surface area (Å²) in [6, 6.07) is 0. The van der Waals surface area contributed by atoms with Crippen molar-refractivity contribution in [2.45, 2.75) is 54.6 Å². The predicted molar refractivity (Wildman–Crippen MR) is 66.5 cm³/mol. The van der Waals surface area contributed by atoms with Crippen LogP contribution in [0, 0.1) is 0 Å². The smallest absolute Gasteiger partial charge is 0.0626 e. The molecule has 0 N–H and O–H groups in total. The molecule has 0 saturated heterocycles. The van der Waals surface area contributed by atoms with Crippen LogP contribution in [0.5, 0.6) is 0 Å². The van der Waals surface area contributed by atoms with E-state index in [2.05, 4.69) is 15.9 Å². The maximum Gasteiger partial charge on any atom is 0.0626 e. The summed E-state index contributed by atoms with van der Waals surface area (Å²) in [4.78, 5) is 0. The Morgan fingerprint density at radius 3 is 2.86 bits per heavy atom. The van der Waals surface area contributed by atoms with Gasteiger partial charge in [-0.15, -0.1) is 11.6 Å². The van der Waals surface area contributed by atoms with Crippen molar-refractivity contribution in [1.29, 1.82) is 0 Å². The molecule has 0 heterocycles. The molecule has 0 saturated carbocycles. The zero-order valence-corrected chi connectivity index (χ0v) is 11.3. The van der Waals surface area contributed by atoms with Crippen LogP contribution in [0.3, 0.4) is 0 Å². The van der Waals surface area contributed by atoms with E-state index in [0.717, 1.165) is 30.7 Å². The summed E-state index contributed by atoms with van der Waals surface area (Å²) in [6.07, 6.45) is 8.13. The molecule has 0 aromatic heterocycles. The molecule has 0 fully saturated rings. The summed E-state index contributed by atoms with van der Waals surface area (Å²) in [5, 5.41) is 1.33. The molecule has 3 heteroatoms. The van der Waals surface area contributed by atoms with E-state index in [9.17, 15) is 0 Å². The number of halogens is 3. The van der Waals surface area contributed by atoms with E-state index in [1.807, 2.05) is 0 Å². The fourth-order valence-electron chi connectivity index (χ4n) is 2.53. The predicted octanol–water partition coefficient (Wildman–Crippen LogP) is 4.98. The molecule has 2 aliphatic rings. The van der Waals surface area contributed by atoms with Crippen LogP contribution >= 0.6 is 39.1 Å². The molecule has 2 rings (SSSR count). The molecule has 2 aliphatic carbocycles. The van der Waals surface area contributed by atoms with Crippen LogP contribution in [-0.4, -0.2) is 9.70 Å². The van der Waals surface area contributed by atoms with Gasteiger partial charge in [0, 0.05) is 10.4 Å². The van der Waals surface area contributed by atoms with E-state index in [4.69, 9.17) is 23.2 Å². The van der Waals surface area contributed by atoms with Gasteiger partial charge in [0.2, 0.25) is 0 Å². The molecule has 2 atom stereocenters. The van der Waals surface area contributed by atoms with E-state index in [0.29, 0.717) is 0 Å². The van der Waals surface area contributed by atoms with Gasteiger partial charge in [-0.2, -0.15) is 0 Å². The third-order valence-corrected chi connectivity index (χ3v) is 5.55. The largest absolute Gasteiger partial charge is 0.123 e. The topological polar surface area (TPSA) is 0 Å². The van der Waals surface area contributed by atoms with Crippen LogP contribution in [0.15, 0.2) is 10.6 Å². The standard InChI is InChI=1S/C11H15BrCl2/c12-11-5-3-1-2-4-8(10(11)14)6-9(13)7-11/h9H,1-7H2/t9-,11+/m1/s1. The van der Waals surface area contributed by atoms with Crippen molar-refractivity contribution in [1.82, 2.24) is 0 Å². The van der Waals surface area contributed by atoms with E-state index < -0.39 is 0 Å². The number of fused-ring (bicyclic) bond motifs is 1. The van der Waals surface area contributed by atoms with Crippen molar-refractivity contribution in [2.75, 3.05) is 0 Å². The van der Waals surface area contributed by atoms with Gasteiger partial charge >= 0.3 is 0 Å². The molecule has 0 radical (unpaired) electrons. The fourth-order valence-corrected chi connectivity index (χ4v) is 4.46. The van der Waals surface area contributed by atoms with Gasteiger partial charge in [0.1, 0.15) is 0 Å². The lowest BCUT2D eigenvalue weighted by Crippen LogP contribution is -2.32. The SMILES string of the molecule is ClC1=C2CCCCC[C@]1(Br)C[C@H](Cl)C2. The van der Waals surface area contributed by atoms with Gasteiger partial charge in [-0.25, -0.2) is 0 Å². The Morgan fingerprint density at radius 1 is 1.29 bits per heavy atom. The number of hydrogen-bond acceptors (Lipinski definition) is 0. The zero-order valence-electron chi connectivity index (χ0n) is 8.16. The molecule has 14 heavy (non-hydrogen) atoms. The highest BCUT2D eigenvalue weighted by molar-refractivity contribution is 9.10. The molecule has 0 unspecified atom stereocenters. The van der Waals surface area contributed by atoms with Crippen LogP contribution in [-0.2, 0) is 0 Å². The molecule has 0 nitrogen and oxygen atoms in total. The van der Waals surface area contributed by atoms with Gasteiger partial charge in [0.05, 0.1) is 4.32 Å². The summed E-state index contributed by atoms with van der Waals surface area (Å²) in [7, 11) is 0. The lowest BCUT2D eigenvalue weighted by atomic mass is 9.82. The Balaban J connectivity index is 2.32. The first-order valence-electron chi connectivity index (χ1n) is 5.33. The number of hydrogen-bond donors (Lipinski definition) is 0. The van der Waals surface area contributed by atoms with Gasteiger partial charge in [0.25, 0.3) is 0 Å². The Kier molecular flexibility index (Phi) is 3.51. The fraction of sp³-hybridized carbons (Fsp3) is 0.818. The third kappa shape index (κ3) is 2.15. The van der Waals surface area contributed by atoms with Gasteiger partial charge < -0.3 is 0 Å².